The molecule has 4 rings (SSSR count). The highest BCUT2D eigenvalue weighted by molar-refractivity contribution is 5.34. The van der Waals surface area contributed by atoms with Gasteiger partial charge in [-0.3, -0.25) is 0 Å². The third kappa shape index (κ3) is 1.71. The second kappa shape index (κ2) is 4.52. The zero-order valence-corrected chi connectivity index (χ0v) is 11.3. The molecule has 3 aliphatic carbocycles. The topological polar surface area (TPSA) is 12.0 Å². The maximum absolute atomic E-state index is 3.59. The van der Waals surface area contributed by atoms with Crippen LogP contribution in [0.5, 0.6) is 0 Å². The molecule has 0 aromatic carbocycles. The smallest absolute Gasteiger partial charge is 0.0170 e. The molecule has 0 bridgehead atoms. The van der Waals surface area contributed by atoms with Crippen molar-refractivity contribution in [3.8, 4) is 0 Å². The largest absolute Gasteiger partial charge is 0.313 e. The molecule has 2 saturated carbocycles. The van der Waals surface area contributed by atoms with Crippen LogP contribution in [0.25, 0.3) is 0 Å². The van der Waals surface area contributed by atoms with Gasteiger partial charge in [-0.1, -0.05) is 29.7 Å². The Kier molecular flexibility index (Phi) is 2.83. The maximum atomic E-state index is 3.59. The van der Waals surface area contributed by atoms with Crippen LogP contribution in [0.2, 0.25) is 0 Å². The fraction of sp³-hybridized carbons (Fsp3) is 0.765. The van der Waals surface area contributed by atoms with Gasteiger partial charge in [0.05, 0.1) is 0 Å². The van der Waals surface area contributed by atoms with E-state index in [2.05, 4.69) is 17.5 Å². The van der Waals surface area contributed by atoms with E-state index in [9.17, 15) is 0 Å². The number of hydrogen-bond donors (Lipinski definition) is 1. The van der Waals surface area contributed by atoms with Gasteiger partial charge in [0, 0.05) is 6.54 Å². The van der Waals surface area contributed by atoms with Gasteiger partial charge in [0.15, 0.2) is 0 Å². The Labute approximate surface area is 111 Å². The van der Waals surface area contributed by atoms with Gasteiger partial charge in [0.2, 0.25) is 0 Å². The summed E-state index contributed by atoms with van der Waals surface area (Å²) in [6, 6.07) is 0. The fourth-order valence-electron chi connectivity index (χ4n) is 5.18. The molecule has 4 unspecified atom stereocenters. The number of nitrogens with one attached hydrogen (secondary N) is 1. The average Bonchev–Trinajstić information content (AvgIpc) is 2.75. The average molecular weight is 243 g/mol. The molecule has 0 aromatic rings. The lowest BCUT2D eigenvalue weighted by Gasteiger charge is -2.42. The maximum Gasteiger partial charge on any atom is 0.0170 e. The molecule has 1 N–H and O–H groups in total. The summed E-state index contributed by atoms with van der Waals surface area (Å²) in [5, 5.41) is 3.59. The van der Waals surface area contributed by atoms with Crippen LogP contribution in [-0.2, 0) is 0 Å². The van der Waals surface area contributed by atoms with Crippen molar-refractivity contribution in [2.45, 2.75) is 44.9 Å². The van der Waals surface area contributed by atoms with Gasteiger partial charge < -0.3 is 5.32 Å². The van der Waals surface area contributed by atoms with Crippen LogP contribution in [0.15, 0.2) is 23.3 Å². The van der Waals surface area contributed by atoms with Gasteiger partial charge in [-0.05, 0) is 68.7 Å². The first-order valence-corrected chi connectivity index (χ1v) is 8.05. The molecule has 0 spiro atoms. The SMILES string of the molecule is C1=C2CNCCCC2C2CCC3CCCC3C2=C1. The number of fused-ring (bicyclic) bond motifs is 5. The summed E-state index contributed by atoms with van der Waals surface area (Å²) in [5.74, 6) is 3.83. The molecular weight excluding hydrogens is 218 g/mol. The van der Waals surface area contributed by atoms with Gasteiger partial charge in [-0.15, -0.1) is 0 Å². The lowest BCUT2D eigenvalue weighted by Crippen LogP contribution is -2.32. The summed E-state index contributed by atoms with van der Waals surface area (Å²) in [6.45, 7) is 2.38. The van der Waals surface area contributed by atoms with Crippen LogP contribution in [0.1, 0.15) is 44.9 Å². The summed E-state index contributed by atoms with van der Waals surface area (Å²) in [5.41, 5.74) is 3.57. The van der Waals surface area contributed by atoms with Crippen LogP contribution in [-0.4, -0.2) is 13.1 Å². The predicted octanol–water partition coefficient (Wildman–Crippen LogP) is 3.68. The Morgan fingerprint density at radius 1 is 0.833 bits per heavy atom. The van der Waals surface area contributed by atoms with E-state index < -0.39 is 0 Å². The second-order valence-electron chi connectivity index (χ2n) is 6.82. The minimum atomic E-state index is 0.890. The van der Waals surface area contributed by atoms with E-state index in [-0.39, 0.29) is 0 Å². The van der Waals surface area contributed by atoms with Crippen LogP contribution >= 0.6 is 0 Å². The molecule has 18 heavy (non-hydrogen) atoms. The van der Waals surface area contributed by atoms with E-state index in [1.54, 1.807) is 5.57 Å². The van der Waals surface area contributed by atoms with E-state index in [4.69, 9.17) is 0 Å². The van der Waals surface area contributed by atoms with Crippen molar-refractivity contribution in [1.82, 2.24) is 5.32 Å². The first-order chi connectivity index (χ1) is 8.93. The highest BCUT2D eigenvalue weighted by Crippen LogP contribution is 2.52. The van der Waals surface area contributed by atoms with Crippen molar-refractivity contribution >= 4 is 0 Å². The molecule has 4 aliphatic rings. The normalized spacial score (nSPS) is 43.1. The van der Waals surface area contributed by atoms with E-state index in [1.807, 2.05) is 5.57 Å². The highest BCUT2D eigenvalue weighted by Gasteiger charge is 2.42. The third-order valence-corrected chi connectivity index (χ3v) is 6.01. The Morgan fingerprint density at radius 2 is 1.78 bits per heavy atom. The van der Waals surface area contributed by atoms with Crippen molar-refractivity contribution in [2.24, 2.45) is 23.7 Å². The van der Waals surface area contributed by atoms with Crippen LogP contribution < -0.4 is 5.32 Å². The Bertz CT molecular complexity index is 392. The van der Waals surface area contributed by atoms with Gasteiger partial charge in [0.1, 0.15) is 0 Å². The molecule has 0 radical (unpaired) electrons. The Morgan fingerprint density at radius 3 is 2.78 bits per heavy atom. The molecular formula is C17H25N. The van der Waals surface area contributed by atoms with Crippen molar-refractivity contribution in [2.75, 3.05) is 13.1 Å². The first kappa shape index (κ1) is 11.3. The van der Waals surface area contributed by atoms with Crippen LogP contribution in [0.3, 0.4) is 0 Å². The minimum absolute atomic E-state index is 0.890. The standard InChI is InChI=1S/C17H25N/c1-3-12-6-8-17-15-5-2-10-18-11-13(15)7-9-16(17)14(12)4-1/h7,9,12,14-15,17-18H,1-6,8,10-11H2. The second-order valence-corrected chi connectivity index (χ2v) is 6.82. The van der Waals surface area contributed by atoms with Crippen molar-refractivity contribution < 1.29 is 0 Å². The zero-order chi connectivity index (χ0) is 11.9. The van der Waals surface area contributed by atoms with E-state index in [0.29, 0.717) is 0 Å². The summed E-state index contributed by atoms with van der Waals surface area (Å²) < 4.78 is 0. The molecule has 98 valence electrons. The van der Waals surface area contributed by atoms with Crippen LogP contribution in [0, 0.1) is 23.7 Å². The molecule has 0 amide bonds. The van der Waals surface area contributed by atoms with E-state index in [0.717, 1.165) is 30.2 Å². The van der Waals surface area contributed by atoms with Gasteiger partial charge in [0.25, 0.3) is 0 Å². The number of allylic oxidation sites excluding steroid dienone is 3. The zero-order valence-electron chi connectivity index (χ0n) is 11.3. The highest BCUT2D eigenvalue weighted by atomic mass is 14.9. The predicted molar refractivity (Wildman–Crippen MR) is 75.3 cm³/mol. The van der Waals surface area contributed by atoms with Crippen molar-refractivity contribution in [3.63, 3.8) is 0 Å². The molecule has 4 atom stereocenters. The van der Waals surface area contributed by atoms with Crippen molar-refractivity contribution in [1.29, 1.82) is 0 Å². The molecule has 3 fully saturated rings. The monoisotopic (exact) mass is 243 g/mol. The van der Waals surface area contributed by atoms with Gasteiger partial charge in [-0.2, -0.15) is 0 Å². The van der Waals surface area contributed by atoms with E-state index in [1.165, 1.54) is 51.5 Å². The molecule has 1 nitrogen and oxygen atoms in total. The summed E-state index contributed by atoms with van der Waals surface area (Å²) >= 11 is 0. The summed E-state index contributed by atoms with van der Waals surface area (Å²) in [4.78, 5) is 0. The third-order valence-electron chi connectivity index (χ3n) is 6.01. The molecule has 0 aromatic heterocycles. The fourth-order valence-corrected chi connectivity index (χ4v) is 5.18. The molecule has 1 saturated heterocycles. The molecule has 1 heteroatoms. The van der Waals surface area contributed by atoms with Gasteiger partial charge >= 0.3 is 0 Å². The Balaban J connectivity index is 1.66. The summed E-state index contributed by atoms with van der Waals surface area (Å²) in [7, 11) is 0. The van der Waals surface area contributed by atoms with Crippen LogP contribution in [0.4, 0.5) is 0 Å². The first-order valence-electron chi connectivity index (χ1n) is 8.05. The van der Waals surface area contributed by atoms with E-state index >= 15 is 0 Å². The minimum Gasteiger partial charge on any atom is -0.313 e. The summed E-state index contributed by atoms with van der Waals surface area (Å²) in [6.07, 6.45) is 15.3. The lowest BCUT2D eigenvalue weighted by atomic mass is 9.63. The van der Waals surface area contributed by atoms with Crippen molar-refractivity contribution in [3.05, 3.63) is 23.3 Å². The Hall–Kier alpha value is -0.560. The quantitative estimate of drug-likeness (QED) is 0.684. The van der Waals surface area contributed by atoms with Gasteiger partial charge in [-0.25, -0.2) is 0 Å². The lowest BCUT2D eigenvalue weighted by molar-refractivity contribution is 0.239. The number of rotatable bonds is 0. The molecule has 1 heterocycles. The number of hydrogen-bond acceptors (Lipinski definition) is 1. The molecule has 1 aliphatic heterocycles.